The third-order valence-corrected chi connectivity index (χ3v) is 8.48. The minimum absolute atomic E-state index is 0.228. The first-order valence-corrected chi connectivity index (χ1v) is 15.0. The predicted molar refractivity (Wildman–Crippen MR) is 162 cm³/mol. The van der Waals surface area contributed by atoms with Crippen LogP contribution in [0.15, 0.2) is 87.7 Å². The van der Waals surface area contributed by atoms with Gasteiger partial charge in [0, 0.05) is 42.2 Å². The second-order valence-electron chi connectivity index (χ2n) is 9.68. The molecular formula is C31H23ClFN3O5S. The van der Waals surface area contributed by atoms with Crippen LogP contribution < -0.4 is 9.62 Å². The number of nitrogens with one attached hydrogen (secondary N) is 1. The first-order chi connectivity index (χ1) is 20.0. The predicted octanol–water partition coefficient (Wildman–Crippen LogP) is 7.12. The summed E-state index contributed by atoms with van der Waals surface area (Å²) in [4.78, 5) is 17.7. The van der Waals surface area contributed by atoms with Crippen LogP contribution >= 0.6 is 11.6 Å². The summed E-state index contributed by atoms with van der Waals surface area (Å²) in [5.74, 6) is -0.282. The van der Waals surface area contributed by atoms with E-state index in [0.717, 1.165) is 10.6 Å². The Bertz CT molecular complexity index is 2120. The van der Waals surface area contributed by atoms with Gasteiger partial charge in [0.15, 0.2) is 5.58 Å². The minimum atomic E-state index is -3.70. The molecule has 42 heavy (non-hydrogen) atoms. The van der Waals surface area contributed by atoms with Crippen molar-refractivity contribution < 1.29 is 26.4 Å². The van der Waals surface area contributed by atoms with Crippen LogP contribution in [0.4, 0.5) is 10.1 Å². The highest BCUT2D eigenvalue weighted by Crippen LogP contribution is 2.42. The fourth-order valence-electron chi connectivity index (χ4n) is 4.82. The van der Waals surface area contributed by atoms with E-state index in [1.54, 1.807) is 36.4 Å². The monoisotopic (exact) mass is 603 g/mol. The van der Waals surface area contributed by atoms with Crippen molar-refractivity contribution in [3.05, 3.63) is 95.3 Å². The molecule has 2 heterocycles. The van der Waals surface area contributed by atoms with Gasteiger partial charge in [-0.2, -0.15) is 0 Å². The molecular weight excluding hydrogens is 581 g/mol. The van der Waals surface area contributed by atoms with Gasteiger partial charge >= 0.3 is 0 Å². The van der Waals surface area contributed by atoms with Crippen LogP contribution in [-0.4, -0.2) is 39.7 Å². The number of rotatable bonds is 6. The molecule has 0 saturated carbocycles. The SMILES string of the molecule is CNC(=O)c1c(-c2ccc(F)cc2)oc2cc(N(C)S(C)(=O)=O)c(-c3cccc(-c4nc5cccc(Cl)c5o4)c3)cc12. The number of oxazole rings is 1. The number of fused-ring (bicyclic) bond motifs is 2. The molecule has 212 valence electrons. The van der Waals surface area contributed by atoms with Crippen LogP contribution in [0.25, 0.3) is 56.0 Å². The summed E-state index contributed by atoms with van der Waals surface area (Å²) >= 11 is 6.29. The van der Waals surface area contributed by atoms with Crippen LogP contribution in [-0.2, 0) is 10.0 Å². The normalized spacial score (nSPS) is 11.7. The molecule has 0 aliphatic rings. The summed E-state index contributed by atoms with van der Waals surface area (Å²) < 4.78 is 52.3. The van der Waals surface area contributed by atoms with Gasteiger partial charge in [-0.05, 0) is 60.2 Å². The van der Waals surface area contributed by atoms with Gasteiger partial charge in [-0.15, -0.1) is 0 Å². The van der Waals surface area contributed by atoms with Crippen molar-refractivity contribution in [3.8, 4) is 33.9 Å². The number of nitrogens with zero attached hydrogens (tertiary/aromatic N) is 2. The lowest BCUT2D eigenvalue weighted by Gasteiger charge is -2.21. The second-order valence-corrected chi connectivity index (χ2v) is 12.1. The molecule has 0 aliphatic heterocycles. The average molecular weight is 604 g/mol. The molecule has 0 fully saturated rings. The number of hydrogen-bond acceptors (Lipinski definition) is 6. The van der Waals surface area contributed by atoms with Crippen LogP contribution in [0.5, 0.6) is 0 Å². The summed E-state index contributed by atoms with van der Waals surface area (Å²) in [6.45, 7) is 0. The summed E-state index contributed by atoms with van der Waals surface area (Å²) in [5, 5.41) is 3.53. The summed E-state index contributed by atoms with van der Waals surface area (Å²) in [6.07, 6.45) is 1.10. The van der Waals surface area contributed by atoms with Crippen molar-refractivity contribution >= 4 is 55.3 Å². The third-order valence-electron chi connectivity index (χ3n) is 6.99. The molecule has 2 aromatic heterocycles. The number of carbonyl (C=O) groups excluding carboxylic acids is 1. The van der Waals surface area contributed by atoms with Crippen LogP contribution in [0.1, 0.15) is 10.4 Å². The highest BCUT2D eigenvalue weighted by Gasteiger charge is 2.26. The molecule has 6 aromatic rings. The van der Waals surface area contributed by atoms with Gasteiger partial charge in [0.1, 0.15) is 22.7 Å². The Morgan fingerprint density at radius 1 is 0.952 bits per heavy atom. The van der Waals surface area contributed by atoms with Gasteiger partial charge in [0.25, 0.3) is 5.91 Å². The lowest BCUT2D eigenvalue weighted by Crippen LogP contribution is -2.25. The van der Waals surface area contributed by atoms with Gasteiger partial charge in [-0.3, -0.25) is 9.10 Å². The molecule has 0 radical (unpaired) electrons. The molecule has 6 rings (SSSR count). The van der Waals surface area contributed by atoms with E-state index < -0.39 is 21.7 Å². The standard InChI is InChI=1S/C31H23ClFN3O5S/c1-34-30(37)27-22-15-21(18-6-4-7-19(14-18)31-35-24-9-5-8-23(32)29(24)41-31)25(36(2)42(3,38)39)16-26(22)40-28(27)17-10-12-20(33)13-11-17/h4-16H,1-3H3,(H,34,37). The number of aromatic nitrogens is 1. The van der Waals surface area contributed by atoms with E-state index in [9.17, 15) is 17.6 Å². The Hall–Kier alpha value is -4.67. The van der Waals surface area contributed by atoms with Crippen molar-refractivity contribution in [1.29, 1.82) is 0 Å². The zero-order chi connectivity index (χ0) is 29.8. The first kappa shape index (κ1) is 27.5. The van der Waals surface area contributed by atoms with Crippen LogP contribution in [0.3, 0.4) is 0 Å². The Labute approximate surface area is 245 Å². The maximum atomic E-state index is 13.7. The highest BCUT2D eigenvalue weighted by atomic mass is 35.5. The lowest BCUT2D eigenvalue weighted by atomic mass is 9.97. The highest BCUT2D eigenvalue weighted by molar-refractivity contribution is 7.92. The van der Waals surface area contributed by atoms with Gasteiger partial charge in [-0.25, -0.2) is 17.8 Å². The number of benzene rings is 4. The van der Waals surface area contributed by atoms with Crippen molar-refractivity contribution in [3.63, 3.8) is 0 Å². The van der Waals surface area contributed by atoms with Crippen molar-refractivity contribution in [1.82, 2.24) is 10.3 Å². The Balaban J connectivity index is 1.60. The zero-order valence-electron chi connectivity index (χ0n) is 22.6. The number of amides is 1. The van der Waals surface area contributed by atoms with Gasteiger partial charge in [0.05, 0.1) is 22.5 Å². The fourth-order valence-corrected chi connectivity index (χ4v) is 5.53. The third kappa shape index (κ3) is 4.78. The van der Waals surface area contributed by atoms with E-state index in [-0.39, 0.29) is 16.9 Å². The Morgan fingerprint density at radius 2 is 1.67 bits per heavy atom. The molecule has 11 heteroatoms. The topological polar surface area (TPSA) is 106 Å². The molecule has 0 saturated heterocycles. The van der Waals surface area contributed by atoms with Gasteiger partial charge < -0.3 is 14.2 Å². The lowest BCUT2D eigenvalue weighted by molar-refractivity contribution is 0.0964. The van der Waals surface area contributed by atoms with Crippen LogP contribution in [0.2, 0.25) is 5.02 Å². The maximum Gasteiger partial charge on any atom is 0.255 e. The van der Waals surface area contributed by atoms with Crippen LogP contribution in [0, 0.1) is 5.82 Å². The van der Waals surface area contributed by atoms with E-state index >= 15 is 0 Å². The molecule has 0 aliphatic carbocycles. The zero-order valence-corrected chi connectivity index (χ0v) is 24.2. The van der Waals surface area contributed by atoms with E-state index in [1.165, 1.54) is 38.4 Å². The van der Waals surface area contributed by atoms with Crippen molar-refractivity contribution in [2.24, 2.45) is 0 Å². The smallest absolute Gasteiger partial charge is 0.255 e. The number of sulfonamides is 1. The van der Waals surface area contributed by atoms with E-state index in [0.29, 0.717) is 55.3 Å². The molecule has 0 bridgehead atoms. The molecule has 1 amide bonds. The number of halogens is 2. The molecule has 0 unspecified atom stereocenters. The number of carbonyl (C=O) groups is 1. The molecule has 0 spiro atoms. The second kappa shape index (κ2) is 10.3. The average Bonchev–Trinajstić information content (AvgIpc) is 3.58. The van der Waals surface area contributed by atoms with E-state index in [2.05, 4.69) is 10.3 Å². The number of anilines is 1. The number of hydrogen-bond donors (Lipinski definition) is 1. The summed E-state index contributed by atoms with van der Waals surface area (Å²) in [5.41, 5.74) is 4.19. The minimum Gasteiger partial charge on any atom is -0.455 e. The molecule has 1 N–H and O–H groups in total. The molecule has 4 aromatic carbocycles. The Morgan fingerprint density at radius 3 is 2.36 bits per heavy atom. The number of furan rings is 1. The number of para-hydroxylation sites is 1. The summed E-state index contributed by atoms with van der Waals surface area (Å²) in [6, 6.07) is 21.4. The van der Waals surface area contributed by atoms with E-state index in [1.807, 2.05) is 18.2 Å². The largest absolute Gasteiger partial charge is 0.455 e. The quantitative estimate of drug-likeness (QED) is 0.217. The molecule has 0 atom stereocenters. The van der Waals surface area contributed by atoms with Crippen molar-refractivity contribution in [2.45, 2.75) is 0 Å². The first-order valence-electron chi connectivity index (χ1n) is 12.7. The maximum absolute atomic E-state index is 13.7. The Kier molecular flexibility index (Phi) is 6.75. The fraction of sp³-hybridized carbons (Fsp3) is 0.0968. The van der Waals surface area contributed by atoms with Gasteiger partial charge in [0.2, 0.25) is 15.9 Å². The molecule has 8 nitrogen and oxygen atoms in total. The van der Waals surface area contributed by atoms with E-state index in [4.69, 9.17) is 20.4 Å². The summed E-state index contributed by atoms with van der Waals surface area (Å²) in [7, 11) is -0.756. The van der Waals surface area contributed by atoms with Gasteiger partial charge in [-0.1, -0.05) is 29.8 Å². The van der Waals surface area contributed by atoms with Crippen molar-refractivity contribution in [2.75, 3.05) is 24.7 Å².